The standard InChI is InChI=1S/C6H11NO4/c7-5(9)2-1-4(3-8)6(10)11/h4,8H,1-3H2,(H2,7,9)(H,10,11). The molecule has 64 valence electrons. The van der Waals surface area contributed by atoms with Gasteiger partial charge in [-0.3, -0.25) is 9.59 Å². The van der Waals surface area contributed by atoms with Crippen molar-refractivity contribution < 1.29 is 19.8 Å². The normalized spacial score (nSPS) is 12.5. The molecular weight excluding hydrogens is 150 g/mol. The van der Waals surface area contributed by atoms with Crippen molar-refractivity contribution in [3.8, 4) is 0 Å². The Labute approximate surface area is 63.8 Å². The predicted octanol–water partition coefficient (Wildman–Crippen LogP) is -1.05. The van der Waals surface area contributed by atoms with Crippen LogP contribution in [0.25, 0.3) is 0 Å². The molecule has 0 rings (SSSR count). The molecular formula is C6H11NO4. The Bertz CT molecular complexity index is 157. The minimum Gasteiger partial charge on any atom is -0.481 e. The van der Waals surface area contributed by atoms with E-state index >= 15 is 0 Å². The lowest BCUT2D eigenvalue weighted by atomic mass is 10.0. The number of hydrogen-bond acceptors (Lipinski definition) is 3. The minimum atomic E-state index is -1.10. The lowest BCUT2D eigenvalue weighted by molar-refractivity contribution is -0.143. The molecule has 5 nitrogen and oxygen atoms in total. The lowest BCUT2D eigenvalue weighted by Crippen LogP contribution is -2.21. The van der Waals surface area contributed by atoms with E-state index in [4.69, 9.17) is 15.9 Å². The predicted molar refractivity (Wildman–Crippen MR) is 36.6 cm³/mol. The van der Waals surface area contributed by atoms with E-state index in [-0.39, 0.29) is 12.8 Å². The molecule has 0 aliphatic heterocycles. The van der Waals surface area contributed by atoms with Gasteiger partial charge in [0.25, 0.3) is 0 Å². The van der Waals surface area contributed by atoms with Gasteiger partial charge in [0.2, 0.25) is 5.91 Å². The Kier molecular flexibility index (Phi) is 4.21. The van der Waals surface area contributed by atoms with Gasteiger partial charge in [0.05, 0.1) is 12.5 Å². The molecule has 1 atom stereocenters. The zero-order chi connectivity index (χ0) is 8.85. The number of amides is 1. The van der Waals surface area contributed by atoms with Crippen LogP contribution in [0.4, 0.5) is 0 Å². The van der Waals surface area contributed by atoms with E-state index in [0.29, 0.717) is 0 Å². The van der Waals surface area contributed by atoms with Gasteiger partial charge >= 0.3 is 5.97 Å². The monoisotopic (exact) mass is 161 g/mol. The van der Waals surface area contributed by atoms with Crippen LogP contribution in [0, 0.1) is 5.92 Å². The summed E-state index contributed by atoms with van der Waals surface area (Å²) in [5.74, 6) is -2.53. The molecule has 0 spiro atoms. The first kappa shape index (κ1) is 9.90. The van der Waals surface area contributed by atoms with Crippen LogP contribution < -0.4 is 5.73 Å². The van der Waals surface area contributed by atoms with E-state index in [1.807, 2.05) is 0 Å². The highest BCUT2D eigenvalue weighted by Crippen LogP contribution is 2.04. The van der Waals surface area contributed by atoms with E-state index in [9.17, 15) is 9.59 Å². The number of carbonyl (C=O) groups excluding carboxylic acids is 1. The summed E-state index contributed by atoms with van der Waals surface area (Å²) >= 11 is 0. The largest absolute Gasteiger partial charge is 0.481 e. The van der Waals surface area contributed by atoms with Crippen LogP contribution in [-0.4, -0.2) is 28.7 Å². The van der Waals surface area contributed by atoms with E-state index < -0.39 is 24.4 Å². The van der Waals surface area contributed by atoms with Gasteiger partial charge in [0.1, 0.15) is 0 Å². The van der Waals surface area contributed by atoms with Gasteiger partial charge in [-0.15, -0.1) is 0 Å². The van der Waals surface area contributed by atoms with Gasteiger partial charge in [-0.05, 0) is 6.42 Å². The number of carboxylic acid groups (broad SMARTS) is 1. The molecule has 0 heterocycles. The molecule has 0 aliphatic carbocycles. The van der Waals surface area contributed by atoms with E-state index in [0.717, 1.165) is 0 Å². The third kappa shape index (κ3) is 4.32. The zero-order valence-electron chi connectivity index (χ0n) is 5.99. The Morgan fingerprint density at radius 1 is 1.45 bits per heavy atom. The van der Waals surface area contributed by atoms with Crippen molar-refractivity contribution in [3.63, 3.8) is 0 Å². The van der Waals surface area contributed by atoms with E-state index in [1.54, 1.807) is 0 Å². The summed E-state index contributed by atoms with van der Waals surface area (Å²) < 4.78 is 0. The molecule has 5 heteroatoms. The average Bonchev–Trinajstić information content (AvgIpc) is 1.87. The first-order valence-corrected chi connectivity index (χ1v) is 3.20. The number of hydrogen-bond donors (Lipinski definition) is 3. The summed E-state index contributed by atoms with van der Waals surface area (Å²) in [5, 5.41) is 16.9. The molecule has 0 saturated heterocycles. The molecule has 0 aromatic carbocycles. The Morgan fingerprint density at radius 2 is 2.00 bits per heavy atom. The van der Waals surface area contributed by atoms with Crippen LogP contribution in [0.15, 0.2) is 0 Å². The van der Waals surface area contributed by atoms with Gasteiger partial charge in [0.15, 0.2) is 0 Å². The van der Waals surface area contributed by atoms with Gasteiger partial charge in [-0.2, -0.15) is 0 Å². The molecule has 1 amide bonds. The van der Waals surface area contributed by atoms with Crippen molar-refractivity contribution in [1.82, 2.24) is 0 Å². The van der Waals surface area contributed by atoms with E-state index in [1.165, 1.54) is 0 Å². The summed E-state index contributed by atoms with van der Waals surface area (Å²) in [6.07, 6.45) is 0.0959. The number of nitrogens with two attached hydrogens (primary N) is 1. The minimum absolute atomic E-state index is 0.00245. The van der Waals surface area contributed by atoms with Crippen molar-refractivity contribution in [2.24, 2.45) is 11.7 Å². The fourth-order valence-corrected chi connectivity index (χ4v) is 0.609. The topological polar surface area (TPSA) is 101 Å². The maximum Gasteiger partial charge on any atom is 0.308 e. The molecule has 4 N–H and O–H groups in total. The quantitative estimate of drug-likeness (QED) is 0.478. The van der Waals surface area contributed by atoms with Gasteiger partial charge in [-0.25, -0.2) is 0 Å². The fraction of sp³-hybridized carbons (Fsp3) is 0.667. The van der Waals surface area contributed by atoms with E-state index in [2.05, 4.69) is 0 Å². The molecule has 0 bridgehead atoms. The fourth-order valence-electron chi connectivity index (χ4n) is 0.609. The molecule has 0 aromatic rings. The van der Waals surface area contributed by atoms with Crippen molar-refractivity contribution in [2.45, 2.75) is 12.8 Å². The number of primary amides is 1. The third-order valence-electron chi connectivity index (χ3n) is 1.31. The van der Waals surface area contributed by atoms with Crippen LogP contribution in [-0.2, 0) is 9.59 Å². The number of carbonyl (C=O) groups is 2. The van der Waals surface area contributed by atoms with Crippen LogP contribution >= 0.6 is 0 Å². The van der Waals surface area contributed by atoms with Crippen molar-refractivity contribution in [1.29, 1.82) is 0 Å². The number of carboxylic acids is 1. The number of aliphatic carboxylic acids is 1. The summed E-state index contributed by atoms with van der Waals surface area (Å²) in [6, 6.07) is 0. The average molecular weight is 161 g/mol. The van der Waals surface area contributed by atoms with Crippen LogP contribution in [0.5, 0.6) is 0 Å². The second-order valence-corrected chi connectivity index (χ2v) is 2.22. The molecule has 0 aromatic heterocycles. The Balaban J connectivity index is 3.70. The lowest BCUT2D eigenvalue weighted by Gasteiger charge is -2.05. The SMILES string of the molecule is NC(=O)CCC(CO)C(=O)O. The van der Waals surface area contributed by atoms with Gasteiger partial charge in [0, 0.05) is 6.42 Å². The highest BCUT2D eigenvalue weighted by atomic mass is 16.4. The Hall–Kier alpha value is -1.10. The highest BCUT2D eigenvalue weighted by Gasteiger charge is 2.16. The molecule has 1 unspecified atom stereocenters. The molecule has 0 radical (unpaired) electrons. The molecule has 11 heavy (non-hydrogen) atoms. The third-order valence-corrected chi connectivity index (χ3v) is 1.31. The van der Waals surface area contributed by atoms with Crippen molar-refractivity contribution in [2.75, 3.05) is 6.61 Å². The number of aliphatic hydroxyl groups excluding tert-OH is 1. The highest BCUT2D eigenvalue weighted by molar-refractivity contribution is 5.75. The van der Waals surface area contributed by atoms with Crippen molar-refractivity contribution in [3.05, 3.63) is 0 Å². The van der Waals surface area contributed by atoms with Gasteiger partial charge in [-0.1, -0.05) is 0 Å². The molecule has 0 aliphatic rings. The second-order valence-electron chi connectivity index (χ2n) is 2.22. The Morgan fingerprint density at radius 3 is 2.27 bits per heavy atom. The number of aliphatic hydroxyl groups is 1. The van der Waals surface area contributed by atoms with Crippen LogP contribution in [0.2, 0.25) is 0 Å². The summed E-state index contributed by atoms with van der Waals surface area (Å²) in [5.41, 5.74) is 4.78. The number of rotatable bonds is 5. The summed E-state index contributed by atoms with van der Waals surface area (Å²) in [7, 11) is 0. The first-order chi connectivity index (χ1) is 5.07. The zero-order valence-corrected chi connectivity index (χ0v) is 5.99. The summed E-state index contributed by atoms with van der Waals surface area (Å²) in [6.45, 7) is -0.456. The molecule has 0 fully saturated rings. The smallest absolute Gasteiger partial charge is 0.308 e. The maximum absolute atomic E-state index is 10.2. The molecule has 0 saturated carbocycles. The van der Waals surface area contributed by atoms with Crippen molar-refractivity contribution >= 4 is 11.9 Å². The van der Waals surface area contributed by atoms with Crippen LogP contribution in [0.3, 0.4) is 0 Å². The van der Waals surface area contributed by atoms with Crippen LogP contribution in [0.1, 0.15) is 12.8 Å². The maximum atomic E-state index is 10.2. The van der Waals surface area contributed by atoms with Gasteiger partial charge < -0.3 is 15.9 Å². The summed E-state index contributed by atoms with van der Waals surface area (Å²) in [4.78, 5) is 20.4. The first-order valence-electron chi connectivity index (χ1n) is 3.20. The second kappa shape index (κ2) is 4.68.